The van der Waals surface area contributed by atoms with Gasteiger partial charge < -0.3 is 28.5 Å². The van der Waals surface area contributed by atoms with Gasteiger partial charge in [0.15, 0.2) is 6.10 Å². The number of nitrogens with zero attached hydrogens (tertiary/aromatic N) is 1. The van der Waals surface area contributed by atoms with Crippen molar-refractivity contribution in [1.82, 2.24) is 0 Å². The van der Waals surface area contributed by atoms with Crippen molar-refractivity contribution >= 4 is 17.9 Å². The van der Waals surface area contributed by atoms with E-state index >= 15 is 0 Å². The first kappa shape index (κ1) is 84.4. The summed E-state index contributed by atoms with van der Waals surface area (Å²) in [5.41, 5.74) is 0. The Kier molecular flexibility index (Phi) is 65.8. The predicted octanol–water partition coefficient (Wildman–Crippen LogP) is 22.9. The van der Waals surface area contributed by atoms with Crippen LogP contribution in [0.4, 0.5) is 0 Å². The molecule has 0 aromatic carbocycles. The number of quaternary nitrogens is 1. The van der Waals surface area contributed by atoms with E-state index in [0.717, 1.165) is 128 Å². The highest BCUT2D eigenvalue weighted by Crippen LogP contribution is 2.18. The molecule has 0 spiro atoms. The molecule has 0 fully saturated rings. The average molecular weight is 1240 g/mol. The molecule has 0 saturated carbocycles. The number of ether oxygens (including phenoxy) is 4. The normalized spacial score (nSPS) is 13.5. The molecule has 0 aromatic heterocycles. The monoisotopic (exact) mass is 1240 g/mol. The summed E-state index contributed by atoms with van der Waals surface area (Å²) in [6.45, 7) is 4.64. The molecule has 2 unspecified atom stereocenters. The van der Waals surface area contributed by atoms with Crippen LogP contribution in [0.1, 0.15) is 296 Å². The number of likely N-dealkylation sites (N-methyl/N-ethyl adjacent to an activating group) is 1. The summed E-state index contributed by atoms with van der Waals surface area (Å²) in [5, 5.41) is 9.75. The van der Waals surface area contributed by atoms with Crippen molar-refractivity contribution in [3.63, 3.8) is 0 Å². The van der Waals surface area contributed by atoms with Crippen LogP contribution in [0.5, 0.6) is 0 Å². The molecule has 0 radical (unpaired) electrons. The largest absolute Gasteiger partial charge is 0.477 e. The molecule has 2 atom stereocenters. The number of carboxylic acid groups (broad SMARTS) is 1. The SMILES string of the molecule is CC/C=C\C/C=C\C/C=C\C/C=C\C/C=C\C/C=C\CCCCCCCCC(=O)OC(COC(=O)CCCCCCCCCCCCCCCCCCCCCCCCC/C=C\C/C=C\C/C=C\C/C=C\C/C=C\CC)COC(OCC[N+](C)(C)C)C(=O)O. The van der Waals surface area contributed by atoms with Crippen molar-refractivity contribution in [2.45, 2.75) is 309 Å². The van der Waals surface area contributed by atoms with Crippen LogP contribution in [0.3, 0.4) is 0 Å². The zero-order valence-electron chi connectivity index (χ0n) is 58.0. The van der Waals surface area contributed by atoms with E-state index in [1.165, 1.54) is 135 Å². The fraction of sp³-hybridized carbons (Fsp3) is 0.688. The van der Waals surface area contributed by atoms with E-state index in [1.807, 2.05) is 21.1 Å². The van der Waals surface area contributed by atoms with Crippen molar-refractivity contribution in [2.75, 3.05) is 47.5 Å². The first-order valence-corrected chi connectivity index (χ1v) is 36.3. The van der Waals surface area contributed by atoms with Crippen LogP contribution in [-0.2, 0) is 33.3 Å². The number of esters is 2. The van der Waals surface area contributed by atoms with Gasteiger partial charge in [0, 0.05) is 12.8 Å². The summed E-state index contributed by atoms with van der Waals surface area (Å²) in [6.07, 6.45) is 97.2. The van der Waals surface area contributed by atoms with Gasteiger partial charge in [0.2, 0.25) is 0 Å². The number of carbonyl (C=O) groups excluding carboxylic acids is 2. The van der Waals surface area contributed by atoms with Gasteiger partial charge >= 0.3 is 17.9 Å². The Bertz CT molecular complexity index is 1930. The van der Waals surface area contributed by atoms with Crippen LogP contribution < -0.4 is 0 Å². The molecule has 0 aliphatic heterocycles. The molecule has 9 nitrogen and oxygen atoms in total. The molecule has 0 aliphatic rings. The van der Waals surface area contributed by atoms with Crippen LogP contribution in [0, 0.1) is 0 Å². The minimum Gasteiger partial charge on any atom is -0.477 e. The van der Waals surface area contributed by atoms with E-state index in [2.05, 4.69) is 148 Å². The lowest BCUT2D eigenvalue weighted by Crippen LogP contribution is -2.40. The summed E-state index contributed by atoms with van der Waals surface area (Å²) >= 11 is 0. The molecule has 0 aliphatic carbocycles. The zero-order chi connectivity index (χ0) is 64.7. The second-order valence-corrected chi connectivity index (χ2v) is 25.1. The van der Waals surface area contributed by atoms with Gasteiger partial charge in [0.25, 0.3) is 6.29 Å². The quantitative estimate of drug-likeness (QED) is 0.0211. The highest BCUT2D eigenvalue weighted by Gasteiger charge is 2.25. The Labute approximate surface area is 548 Å². The van der Waals surface area contributed by atoms with E-state index in [0.29, 0.717) is 23.9 Å². The Morgan fingerprint density at radius 1 is 0.337 bits per heavy atom. The average Bonchev–Trinajstić information content (AvgIpc) is 3.64. The van der Waals surface area contributed by atoms with E-state index in [9.17, 15) is 19.5 Å². The number of carbonyl (C=O) groups is 3. The van der Waals surface area contributed by atoms with Gasteiger partial charge in [-0.3, -0.25) is 9.59 Å². The third-order valence-electron chi connectivity index (χ3n) is 15.4. The van der Waals surface area contributed by atoms with Gasteiger partial charge in [-0.05, 0) is 109 Å². The van der Waals surface area contributed by atoms with E-state index in [-0.39, 0.29) is 32.2 Å². The molecule has 0 rings (SSSR count). The maximum atomic E-state index is 12.9. The summed E-state index contributed by atoms with van der Waals surface area (Å²) in [4.78, 5) is 37.6. The number of carboxylic acids is 1. The minimum absolute atomic E-state index is 0.180. The third-order valence-corrected chi connectivity index (χ3v) is 15.4. The Hall–Kier alpha value is -4.57. The van der Waals surface area contributed by atoms with Crippen molar-refractivity contribution in [2.24, 2.45) is 0 Å². The smallest absolute Gasteiger partial charge is 0.361 e. The van der Waals surface area contributed by atoms with Crippen molar-refractivity contribution in [3.05, 3.63) is 134 Å². The van der Waals surface area contributed by atoms with Gasteiger partial charge in [-0.25, -0.2) is 4.79 Å². The second-order valence-electron chi connectivity index (χ2n) is 25.1. The minimum atomic E-state index is -1.52. The topological polar surface area (TPSA) is 108 Å². The number of rotatable bonds is 66. The van der Waals surface area contributed by atoms with Gasteiger partial charge in [0.1, 0.15) is 13.2 Å². The number of aliphatic carboxylic acids is 1. The summed E-state index contributed by atoms with van der Waals surface area (Å²) < 4.78 is 23.0. The molecule has 0 bridgehead atoms. The maximum absolute atomic E-state index is 12.9. The number of hydrogen-bond donors (Lipinski definition) is 1. The first-order chi connectivity index (χ1) is 43.6. The van der Waals surface area contributed by atoms with Gasteiger partial charge in [-0.1, -0.05) is 308 Å². The van der Waals surface area contributed by atoms with Crippen molar-refractivity contribution in [1.29, 1.82) is 0 Å². The standard InChI is InChI=1S/C80H135NO8/c1-6-8-10-12-14-16-18-20-22-24-26-28-30-32-33-34-35-36-37-38-39-40-41-42-43-44-45-47-48-50-52-54-56-58-60-62-64-66-68-70-77(82)87-74-76(75-88-80(79(84)85)86-73-72-81(3,4)5)89-78(83)71-69-67-65-63-61-59-57-55-53-51-49-46-31-29-27-25-23-21-19-17-15-13-11-9-7-2/h8-11,14-17,20-23,26-29,32-33,46,49,53,55,76,80H,6-7,12-13,18-19,24-25,30-31,34-45,47-48,50-52,54,56-75H2,1-5H3/p+1/b10-8-,11-9-,16-14-,17-15-,22-20-,23-21-,28-26-,29-27-,33-32-,49-46-,55-53-. The molecule has 1 N–H and O–H groups in total. The van der Waals surface area contributed by atoms with Crippen LogP contribution in [0.15, 0.2) is 134 Å². The highest BCUT2D eigenvalue weighted by atomic mass is 16.7. The lowest BCUT2D eigenvalue weighted by molar-refractivity contribution is -0.870. The summed E-state index contributed by atoms with van der Waals surface area (Å²) in [6, 6.07) is 0. The molecule has 0 aromatic rings. The van der Waals surface area contributed by atoms with Crippen LogP contribution in [-0.4, -0.2) is 87.4 Å². The van der Waals surface area contributed by atoms with E-state index in [4.69, 9.17) is 18.9 Å². The Morgan fingerprint density at radius 3 is 0.899 bits per heavy atom. The number of unbranched alkanes of at least 4 members (excludes halogenated alkanes) is 29. The Balaban J connectivity index is 4.06. The molecular formula is C80H136NO8+. The highest BCUT2D eigenvalue weighted by molar-refractivity contribution is 5.71. The second kappa shape index (κ2) is 69.3. The van der Waals surface area contributed by atoms with Gasteiger partial charge in [-0.15, -0.1) is 0 Å². The number of hydrogen-bond acceptors (Lipinski definition) is 7. The lowest BCUT2D eigenvalue weighted by atomic mass is 10.0. The fourth-order valence-corrected chi connectivity index (χ4v) is 9.93. The van der Waals surface area contributed by atoms with Crippen LogP contribution in [0.2, 0.25) is 0 Å². The van der Waals surface area contributed by atoms with E-state index in [1.54, 1.807) is 0 Å². The maximum Gasteiger partial charge on any atom is 0.361 e. The molecule has 0 amide bonds. The van der Waals surface area contributed by atoms with Crippen LogP contribution in [0.25, 0.3) is 0 Å². The summed E-state index contributed by atoms with van der Waals surface area (Å²) in [7, 11) is 5.97. The molecule has 0 saturated heterocycles. The lowest BCUT2D eigenvalue weighted by Gasteiger charge is -2.25. The first-order valence-electron chi connectivity index (χ1n) is 36.3. The van der Waals surface area contributed by atoms with Gasteiger partial charge in [-0.2, -0.15) is 0 Å². The van der Waals surface area contributed by atoms with Gasteiger partial charge in [0.05, 0.1) is 34.4 Å². The molecule has 9 heteroatoms. The molecular weight excluding hydrogens is 1100 g/mol. The summed E-state index contributed by atoms with van der Waals surface area (Å²) in [5.74, 6) is -2.02. The Morgan fingerprint density at radius 2 is 0.607 bits per heavy atom. The molecule has 89 heavy (non-hydrogen) atoms. The van der Waals surface area contributed by atoms with Crippen molar-refractivity contribution < 1.29 is 42.9 Å². The fourth-order valence-electron chi connectivity index (χ4n) is 9.93. The predicted molar refractivity (Wildman–Crippen MR) is 382 cm³/mol. The van der Waals surface area contributed by atoms with Crippen molar-refractivity contribution in [3.8, 4) is 0 Å². The molecule has 0 heterocycles. The third kappa shape index (κ3) is 70.7. The van der Waals surface area contributed by atoms with E-state index < -0.39 is 24.3 Å². The van der Waals surface area contributed by atoms with Crippen LogP contribution >= 0.6 is 0 Å². The zero-order valence-corrected chi connectivity index (χ0v) is 58.0. The molecule has 508 valence electrons. The number of allylic oxidation sites excluding steroid dienone is 22.